The summed E-state index contributed by atoms with van der Waals surface area (Å²) in [5.74, 6) is 0.628. The summed E-state index contributed by atoms with van der Waals surface area (Å²) in [6, 6.07) is 2.06. The minimum absolute atomic E-state index is 0.00673. The van der Waals surface area contributed by atoms with Crippen LogP contribution in [0.5, 0.6) is 0 Å². The lowest BCUT2D eigenvalue weighted by Gasteiger charge is -2.48. The molecule has 3 nitrogen and oxygen atoms in total. The molecule has 2 unspecified atom stereocenters. The highest BCUT2D eigenvalue weighted by atomic mass is 16.5. The van der Waals surface area contributed by atoms with Crippen molar-refractivity contribution in [2.75, 3.05) is 7.11 Å². The third-order valence-corrected chi connectivity index (χ3v) is 4.92. The maximum atomic E-state index is 12.2. The summed E-state index contributed by atoms with van der Waals surface area (Å²) in [5.41, 5.74) is -0.199. The van der Waals surface area contributed by atoms with Gasteiger partial charge in [-0.05, 0) is 38.0 Å². The number of allylic oxidation sites excluding steroid dienone is 2. The number of ether oxygens (including phenoxy) is 1. The Bertz CT molecular complexity index is 444. The molecule has 18 heavy (non-hydrogen) atoms. The molecule has 98 valence electrons. The molecule has 0 aliphatic heterocycles. The number of ketones is 1. The topological polar surface area (TPSA) is 50.1 Å². The van der Waals surface area contributed by atoms with Crippen molar-refractivity contribution >= 4 is 5.78 Å². The summed E-state index contributed by atoms with van der Waals surface area (Å²) >= 11 is 0. The van der Waals surface area contributed by atoms with E-state index in [-0.39, 0.29) is 17.3 Å². The molecule has 0 heterocycles. The van der Waals surface area contributed by atoms with Crippen LogP contribution < -0.4 is 0 Å². The van der Waals surface area contributed by atoms with Crippen molar-refractivity contribution < 1.29 is 9.53 Å². The number of carbonyl (C=O) groups is 1. The average molecular weight is 247 g/mol. The normalized spacial score (nSPS) is 38.6. The monoisotopic (exact) mass is 247 g/mol. The quantitative estimate of drug-likeness (QED) is 0.716. The molecule has 0 aromatic rings. The number of methoxy groups -OCH3 is 1. The molecule has 0 spiro atoms. The highest BCUT2D eigenvalue weighted by Crippen LogP contribution is 2.50. The predicted octanol–water partition coefficient (Wildman–Crippen LogP) is 2.87. The third kappa shape index (κ3) is 1.89. The summed E-state index contributed by atoms with van der Waals surface area (Å²) in [6.45, 7) is 6.08. The van der Waals surface area contributed by atoms with Crippen LogP contribution in [-0.4, -0.2) is 18.5 Å². The van der Waals surface area contributed by atoms with Crippen LogP contribution in [0.2, 0.25) is 0 Å². The van der Waals surface area contributed by atoms with Gasteiger partial charge in [0.2, 0.25) is 0 Å². The Hall–Kier alpha value is -1.14. The molecule has 2 aliphatic carbocycles. The SMILES string of the molecule is CO[C@@]1(C)CCC2C(C=C(C#N)C(=O)C2(C)C)C1. The fraction of sp³-hybridized carbons (Fsp3) is 0.733. The summed E-state index contributed by atoms with van der Waals surface area (Å²) in [7, 11) is 1.74. The molecule has 1 fully saturated rings. The molecule has 0 N–H and O–H groups in total. The van der Waals surface area contributed by atoms with Crippen molar-refractivity contribution in [1.82, 2.24) is 0 Å². The first-order valence-electron chi connectivity index (χ1n) is 6.56. The molecule has 0 saturated heterocycles. The molecule has 0 amide bonds. The second-order valence-corrected chi connectivity index (χ2v) is 6.41. The number of hydrogen-bond donors (Lipinski definition) is 0. The van der Waals surface area contributed by atoms with E-state index in [0.29, 0.717) is 11.5 Å². The van der Waals surface area contributed by atoms with Gasteiger partial charge in [0.25, 0.3) is 0 Å². The van der Waals surface area contributed by atoms with Crippen LogP contribution in [0.3, 0.4) is 0 Å². The van der Waals surface area contributed by atoms with E-state index in [1.54, 1.807) is 7.11 Å². The van der Waals surface area contributed by atoms with Crippen LogP contribution in [0.1, 0.15) is 40.0 Å². The molecule has 0 aromatic carbocycles. The fourth-order valence-electron chi connectivity index (χ4n) is 3.57. The molecule has 1 saturated carbocycles. The molecule has 0 aromatic heterocycles. The molecule has 3 heteroatoms. The zero-order valence-corrected chi connectivity index (χ0v) is 11.6. The van der Waals surface area contributed by atoms with Gasteiger partial charge in [0.1, 0.15) is 6.07 Å². The third-order valence-electron chi connectivity index (χ3n) is 4.92. The smallest absolute Gasteiger partial charge is 0.178 e. The van der Waals surface area contributed by atoms with Gasteiger partial charge in [-0.2, -0.15) is 5.26 Å². The van der Waals surface area contributed by atoms with Crippen LogP contribution >= 0.6 is 0 Å². The zero-order chi connectivity index (χ0) is 13.6. The van der Waals surface area contributed by atoms with Crippen molar-refractivity contribution in [3.05, 3.63) is 11.6 Å². The lowest BCUT2D eigenvalue weighted by Crippen LogP contribution is -2.48. The Kier molecular flexibility index (Phi) is 3.11. The lowest BCUT2D eigenvalue weighted by atomic mass is 9.57. The number of nitrogens with zero attached hydrogens (tertiary/aromatic N) is 1. The summed E-state index contributed by atoms with van der Waals surface area (Å²) in [5, 5.41) is 9.10. The van der Waals surface area contributed by atoms with Gasteiger partial charge < -0.3 is 4.74 Å². The maximum Gasteiger partial charge on any atom is 0.178 e. The van der Waals surface area contributed by atoms with Crippen LogP contribution in [0, 0.1) is 28.6 Å². The summed E-state index contributed by atoms with van der Waals surface area (Å²) in [6.07, 6.45) is 4.75. The van der Waals surface area contributed by atoms with Crippen LogP contribution in [0.4, 0.5) is 0 Å². The Balaban J connectivity index is 2.37. The first kappa shape index (κ1) is 13.3. The van der Waals surface area contributed by atoms with Gasteiger partial charge in [-0.3, -0.25) is 4.79 Å². The van der Waals surface area contributed by atoms with E-state index in [0.717, 1.165) is 19.3 Å². The highest BCUT2D eigenvalue weighted by Gasteiger charge is 2.50. The van der Waals surface area contributed by atoms with Gasteiger partial charge in [-0.25, -0.2) is 0 Å². The number of hydrogen-bond acceptors (Lipinski definition) is 3. The van der Waals surface area contributed by atoms with Gasteiger partial charge in [0, 0.05) is 12.5 Å². The molecule has 2 rings (SSSR count). The predicted molar refractivity (Wildman–Crippen MR) is 68.7 cm³/mol. The Morgan fingerprint density at radius 1 is 1.44 bits per heavy atom. The van der Waals surface area contributed by atoms with Crippen molar-refractivity contribution in [2.45, 2.75) is 45.6 Å². The number of nitriles is 1. The minimum atomic E-state index is -0.417. The van der Waals surface area contributed by atoms with E-state index in [9.17, 15) is 4.79 Å². The van der Waals surface area contributed by atoms with Crippen molar-refractivity contribution in [2.24, 2.45) is 17.3 Å². The van der Waals surface area contributed by atoms with Crippen molar-refractivity contribution in [3.8, 4) is 6.07 Å². The molecular weight excluding hydrogens is 226 g/mol. The van der Waals surface area contributed by atoms with Gasteiger partial charge in [0.05, 0.1) is 11.2 Å². The van der Waals surface area contributed by atoms with E-state index < -0.39 is 5.41 Å². The van der Waals surface area contributed by atoms with E-state index in [1.807, 2.05) is 19.9 Å². The van der Waals surface area contributed by atoms with Gasteiger partial charge in [-0.1, -0.05) is 19.9 Å². The van der Waals surface area contributed by atoms with E-state index >= 15 is 0 Å². The second kappa shape index (κ2) is 4.20. The minimum Gasteiger partial charge on any atom is -0.379 e. The molecule has 0 radical (unpaired) electrons. The molecular formula is C15H21NO2. The van der Waals surface area contributed by atoms with Gasteiger partial charge >= 0.3 is 0 Å². The van der Waals surface area contributed by atoms with E-state index in [4.69, 9.17) is 10.00 Å². The van der Waals surface area contributed by atoms with Crippen molar-refractivity contribution in [3.63, 3.8) is 0 Å². The van der Waals surface area contributed by atoms with Crippen molar-refractivity contribution in [1.29, 1.82) is 5.26 Å². The standard InChI is InChI=1S/C15H21NO2/c1-14(2)12-5-6-15(3,18-4)8-10(12)7-11(9-16)13(14)17/h7,10,12H,5-6,8H2,1-4H3/t10?,12?,15-/m0/s1. The first-order chi connectivity index (χ1) is 8.34. The summed E-state index contributed by atoms with van der Waals surface area (Å²) in [4.78, 5) is 12.2. The first-order valence-corrected chi connectivity index (χ1v) is 6.56. The maximum absolute atomic E-state index is 12.2. The van der Waals surface area contributed by atoms with E-state index in [1.165, 1.54) is 0 Å². The lowest BCUT2D eigenvalue weighted by molar-refractivity contribution is -0.132. The number of carbonyl (C=O) groups excluding carboxylic acids is 1. The fourth-order valence-corrected chi connectivity index (χ4v) is 3.57. The number of fused-ring (bicyclic) bond motifs is 1. The van der Waals surface area contributed by atoms with E-state index in [2.05, 4.69) is 13.0 Å². The molecule has 2 aliphatic rings. The van der Waals surface area contributed by atoms with Crippen LogP contribution in [0.25, 0.3) is 0 Å². The van der Waals surface area contributed by atoms with Crippen LogP contribution in [-0.2, 0) is 9.53 Å². The number of Topliss-reactive ketones (excluding diaryl/α,β-unsaturated/α-hetero) is 1. The Morgan fingerprint density at radius 2 is 2.11 bits per heavy atom. The Morgan fingerprint density at radius 3 is 2.67 bits per heavy atom. The molecule has 0 bridgehead atoms. The summed E-state index contributed by atoms with van der Waals surface area (Å²) < 4.78 is 5.59. The average Bonchev–Trinajstić information content (AvgIpc) is 2.33. The van der Waals surface area contributed by atoms with Gasteiger partial charge in [0.15, 0.2) is 5.78 Å². The Labute approximate surface area is 109 Å². The largest absolute Gasteiger partial charge is 0.379 e. The number of rotatable bonds is 1. The highest BCUT2D eigenvalue weighted by molar-refractivity contribution is 6.03. The van der Waals surface area contributed by atoms with Crippen LogP contribution in [0.15, 0.2) is 11.6 Å². The molecule has 3 atom stereocenters. The van der Waals surface area contributed by atoms with Gasteiger partial charge in [-0.15, -0.1) is 0 Å². The second-order valence-electron chi connectivity index (χ2n) is 6.41. The zero-order valence-electron chi connectivity index (χ0n) is 11.6.